The van der Waals surface area contributed by atoms with Crippen molar-refractivity contribution in [3.63, 3.8) is 0 Å². The van der Waals surface area contributed by atoms with E-state index in [2.05, 4.69) is 10.3 Å². The average Bonchev–Trinajstić information content (AvgIpc) is 2.18. The van der Waals surface area contributed by atoms with Crippen molar-refractivity contribution >= 4 is 17.7 Å². The predicted molar refractivity (Wildman–Crippen MR) is 56.6 cm³/mol. The topological polar surface area (TPSA) is 62.2 Å². The van der Waals surface area contributed by atoms with Crippen LogP contribution in [0.4, 0.5) is 0 Å². The van der Waals surface area contributed by atoms with Crippen molar-refractivity contribution in [2.24, 2.45) is 0 Å². The number of nitrogens with one attached hydrogen (secondary N) is 1. The summed E-state index contributed by atoms with van der Waals surface area (Å²) in [6.45, 7) is 0.599. The number of nitrogens with zero attached hydrogens (tertiary/aromatic N) is 1. The van der Waals surface area contributed by atoms with Crippen molar-refractivity contribution in [1.82, 2.24) is 10.3 Å². The van der Waals surface area contributed by atoms with Crippen LogP contribution < -0.4 is 5.32 Å². The first-order chi connectivity index (χ1) is 6.75. The Kier molecular flexibility index (Phi) is 4.25. The molecule has 0 bridgehead atoms. The van der Waals surface area contributed by atoms with Gasteiger partial charge in [0, 0.05) is 18.5 Å². The number of carbonyl (C=O) groups excluding carboxylic acids is 1. The molecule has 2 N–H and O–H groups in total. The number of thioether (sulfide) groups is 1. The average molecular weight is 212 g/mol. The molecule has 0 saturated heterocycles. The SMILES string of the molecule is CSCCNC(=O)c1ccncc1O. The Bertz CT molecular complexity index is 317. The second-order valence-corrected chi connectivity index (χ2v) is 3.63. The summed E-state index contributed by atoms with van der Waals surface area (Å²) in [7, 11) is 0. The van der Waals surface area contributed by atoms with Gasteiger partial charge in [-0.25, -0.2) is 0 Å². The Labute approximate surface area is 86.7 Å². The number of hydrogen-bond donors (Lipinski definition) is 2. The van der Waals surface area contributed by atoms with Crippen LogP contribution >= 0.6 is 11.8 Å². The third-order valence-corrected chi connectivity index (χ3v) is 2.25. The van der Waals surface area contributed by atoms with E-state index >= 15 is 0 Å². The molecule has 0 saturated carbocycles. The maximum absolute atomic E-state index is 11.4. The molecule has 0 aromatic carbocycles. The predicted octanol–water partition coefficient (Wildman–Crippen LogP) is 0.880. The molecule has 14 heavy (non-hydrogen) atoms. The Morgan fingerprint density at radius 3 is 3.14 bits per heavy atom. The van der Waals surface area contributed by atoms with Gasteiger partial charge < -0.3 is 10.4 Å². The lowest BCUT2D eigenvalue weighted by molar-refractivity contribution is 0.0953. The molecule has 5 heteroatoms. The Balaban J connectivity index is 2.56. The summed E-state index contributed by atoms with van der Waals surface area (Å²) in [5.74, 6) is 0.505. The maximum atomic E-state index is 11.4. The molecule has 1 heterocycles. The molecule has 1 rings (SSSR count). The fraction of sp³-hybridized carbons (Fsp3) is 0.333. The second-order valence-electron chi connectivity index (χ2n) is 2.64. The molecule has 0 aliphatic carbocycles. The summed E-state index contributed by atoms with van der Waals surface area (Å²) in [6, 6.07) is 1.49. The molecular weight excluding hydrogens is 200 g/mol. The van der Waals surface area contributed by atoms with Crippen molar-refractivity contribution in [1.29, 1.82) is 0 Å². The number of amides is 1. The third-order valence-electron chi connectivity index (χ3n) is 1.64. The van der Waals surface area contributed by atoms with E-state index in [1.807, 2.05) is 6.26 Å². The van der Waals surface area contributed by atoms with E-state index in [1.165, 1.54) is 18.5 Å². The fourth-order valence-electron chi connectivity index (χ4n) is 0.940. The molecule has 0 aliphatic heterocycles. The quantitative estimate of drug-likeness (QED) is 0.727. The standard InChI is InChI=1S/C9H12N2O2S/c1-14-5-4-11-9(13)7-2-3-10-6-8(7)12/h2-3,6,12H,4-5H2,1H3,(H,11,13). The Morgan fingerprint density at radius 1 is 1.71 bits per heavy atom. The minimum atomic E-state index is -0.265. The van der Waals surface area contributed by atoms with Gasteiger partial charge in [-0.2, -0.15) is 11.8 Å². The van der Waals surface area contributed by atoms with Gasteiger partial charge in [-0.3, -0.25) is 9.78 Å². The Morgan fingerprint density at radius 2 is 2.50 bits per heavy atom. The number of rotatable bonds is 4. The molecule has 1 amide bonds. The highest BCUT2D eigenvalue weighted by atomic mass is 32.2. The maximum Gasteiger partial charge on any atom is 0.255 e. The second kappa shape index (κ2) is 5.49. The lowest BCUT2D eigenvalue weighted by atomic mass is 10.2. The molecular formula is C9H12N2O2S. The molecule has 76 valence electrons. The van der Waals surface area contributed by atoms with Crippen LogP contribution in [-0.4, -0.2) is 34.6 Å². The van der Waals surface area contributed by atoms with E-state index in [-0.39, 0.29) is 17.2 Å². The summed E-state index contributed by atoms with van der Waals surface area (Å²) >= 11 is 1.65. The van der Waals surface area contributed by atoms with Gasteiger partial charge in [0.15, 0.2) is 0 Å². The van der Waals surface area contributed by atoms with Crippen LogP contribution in [0.25, 0.3) is 0 Å². The van der Waals surface area contributed by atoms with Gasteiger partial charge in [-0.05, 0) is 12.3 Å². The third kappa shape index (κ3) is 2.92. The lowest BCUT2D eigenvalue weighted by Crippen LogP contribution is -2.25. The van der Waals surface area contributed by atoms with Crippen LogP contribution in [0.2, 0.25) is 0 Å². The van der Waals surface area contributed by atoms with Gasteiger partial charge in [-0.15, -0.1) is 0 Å². The largest absolute Gasteiger partial charge is 0.505 e. The molecule has 1 aromatic heterocycles. The molecule has 0 spiro atoms. The Hall–Kier alpha value is -1.23. The zero-order valence-corrected chi connectivity index (χ0v) is 8.67. The van der Waals surface area contributed by atoms with Gasteiger partial charge in [0.25, 0.3) is 5.91 Å². The highest BCUT2D eigenvalue weighted by Crippen LogP contribution is 2.12. The summed E-state index contributed by atoms with van der Waals surface area (Å²) in [4.78, 5) is 15.1. The zero-order chi connectivity index (χ0) is 10.4. The van der Waals surface area contributed by atoms with Crippen molar-refractivity contribution < 1.29 is 9.90 Å². The molecule has 0 unspecified atom stereocenters. The van der Waals surface area contributed by atoms with Crippen LogP contribution in [0.15, 0.2) is 18.5 Å². The van der Waals surface area contributed by atoms with Gasteiger partial charge in [0.2, 0.25) is 0 Å². The van der Waals surface area contributed by atoms with Crippen LogP contribution in [0.5, 0.6) is 5.75 Å². The smallest absolute Gasteiger partial charge is 0.255 e. The van der Waals surface area contributed by atoms with E-state index in [9.17, 15) is 9.90 Å². The molecule has 0 aliphatic rings. The van der Waals surface area contributed by atoms with Gasteiger partial charge in [0.05, 0.1) is 11.8 Å². The van der Waals surface area contributed by atoms with Gasteiger partial charge in [0.1, 0.15) is 5.75 Å². The van der Waals surface area contributed by atoms with E-state index in [0.29, 0.717) is 6.54 Å². The first kappa shape index (κ1) is 10.8. The van der Waals surface area contributed by atoms with E-state index in [4.69, 9.17) is 0 Å². The minimum Gasteiger partial charge on any atom is -0.505 e. The van der Waals surface area contributed by atoms with Crippen LogP contribution in [0, 0.1) is 0 Å². The summed E-state index contributed by atoms with van der Waals surface area (Å²) in [6.07, 6.45) is 4.70. The number of hydrogen-bond acceptors (Lipinski definition) is 4. The fourth-order valence-corrected chi connectivity index (χ4v) is 1.25. The molecule has 0 fully saturated rings. The molecule has 4 nitrogen and oxygen atoms in total. The van der Waals surface area contributed by atoms with Crippen LogP contribution in [0.1, 0.15) is 10.4 Å². The zero-order valence-electron chi connectivity index (χ0n) is 7.86. The van der Waals surface area contributed by atoms with Crippen molar-refractivity contribution in [3.8, 4) is 5.75 Å². The first-order valence-electron chi connectivity index (χ1n) is 4.16. The first-order valence-corrected chi connectivity index (χ1v) is 5.55. The number of carbonyl (C=O) groups is 1. The number of aromatic nitrogens is 1. The normalized spacial score (nSPS) is 9.79. The molecule has 1 aromatic rings. The van der Waals surface area contributed by atoms with E-state index in [0.717, 1.165) is 5.75 Å². The lowest BCUT2D eigenvalue weighted by Gasteiger charge is -2.04. The molecule has 0 atom stereocenters. The summed E-state index contributed by atoms with van der Waals surface area (Å²) in [5, 5.41) is 12.0. The number of pyridine rings is 1. The highest BCUT2D eigenvalue weighted by molar-refractivity contribution is 7.98. The number of aromatic hydroxyl groups is 1. The monoisotopic (exact) mass is 212 g/mol. The van der Waals surface area contributed by atoms with Crippen LogP contribution in [-0.2, 0) is 0 Å². The van der Waals surface area contributed by atoms with Crippen molar-refractivity contribution in [2.45, 2.75) is 0 Å². The van der Waals surface area contributed by atoms with E-state index in [1.54, 1.807) is 11.8 Å². The summed E-state index contributed by atoms with van der Waals surface area (Å²) in [5.41, 5.74) is 0.265. The highest BCUT2D eigenvalue weighted by Gasteiger charge is 2.08. The van der Waals surface area contributed by atoms with Gasteiger partial charge in [-0.1, -0.05) is 0 Å². The van der Waals surface area contributed by atoms with Crippen molar-refractivity contribution in [2.75, 3.05) is 18.6 Å². The van der Waals surface area contributed by atoms with Gasteiger partial charge >= 0.3 is 0 Å². The van der Waals surface area contributed by atoms with E-state index < -0.39 is 0 Å². The van der Waals surface area contributed by atoms with Crippen molar-refractivity contribution in [3.05, 3.63) is 24.0 Å². The minimum absolute atomic E-state index is 0.0887. The molecule has 0 radical (unpaired) electrons. The van der Waals surface area contributed by atoms with Crippen LogP contribution in [0.3, 0.4) is 0 Å². The summed E-state index contributed by atoms with van der Waals surface area (Å²) < 4.78 is 0.